The van der Waals surface area contributed by atoms with Gasteiger partial charge in [0.25, 0.3) is 5.69 Å². The van der Waals surface area contributed by atoms with Gasteiger partial charge in [-0.1, -0.05) is 23.9 Å². The number of thioether (sulfide) groups is 1. The van der Waals surface area contributed by atoms with Crippen molar-refractivity contribution in [3.05, 3.63) is 58.6 Å². The van der Waals surface area contributed by atoms with Crippen LogP contribution in [-0.2, 0) is 9.53 Å². The van der Waals surface area contributed by atoms with E-state index in [1.807, 2.05) is 24.3 Å². The maximum absolute atomic E-state index is 11.8. The zero-order valence-corrected chi connectivity index (χ0v) is 16.1. The molecule has 0 radical (unpaired) electrons. The summed E-state index contributed by atoms with van der Waals surface area (Å²) in [4.78, 5) is 31.4. The third-order valence-electron chi connectivity index (χ3n) is 4.11. The van der Waals surface area contributed by atoms with E-state index in [1.165, 1.54) is 23.9 Å². The number of fused-ring (bicyclic) bond motifs is 3. The number of hydrogen-bond acceptors (Lipinski definition) is 8. The summed E-state index contributed by atoms with van der Waals surface area (Å²) in [5.41, 5.74) is 1.96. The predicted molar refractivity (Wildman–Crippen MR) is 108 cm³/mol. The Labute approximate surface area is 168 Å². The molecule has 0 spiro atoms. The van der Waals surface area contributed by atoms with Gasteiger partial charge in [-0.05, 0) is 31.2 Å². The average Bonchev–Trinajstić information content (AvgIpc) is 3.18. The molecule has 0 saturated heterocycles. The third-order valence-corrected chi connectivity index (χ3v) is 5.01. The molecule has 29 heavy (non-hydrogen) atoms. The van der Waals surface area contributed by atoms with Crippen molar-refractivity contribution in [1.29, 1.82) is 0 Å². The Hall–Kier alpha value is -3.53. The van der Waals surface area contributed by atoms with Crippen LogP contribution in [0.2, 0.25) is 0 Å². The number of benzene rings is 2. The molecule has 10 heteroatoms. The van der Waals surface area contributed by atoms with Gasteiger partial charge in [0.2, 0.25) is 0 Å². The highest BCUT2D eigenvalue weighted by Crippen LogP contribution is 2.27. The lowest BCUT2D eigenvalue weighted by Gasteiger charge is -2.05. The molecule has 0 aliphatic rings. The van der Waals surface area contributed by atoms with E-state index >= 15 is 0 Å². The molecule has 4 aromatic rings. The fourth-order valence-electron chi connectivity index (χ4n) is 2.80. The van der Waals surface area contributed by atoms with E-state index in [9.17, 15) is 14.9 Å². The lowest BCUT2D eigenvalue weighted by atomic mass is 10.2. The van der Waals surface area contributed by atoms with E-state index in [1.54, 1.807) is 23.6 Å². The van der Waals surface area contributed by atoms with E-state index in [0.29, 0.717) is 28.8 Å². The summed E-state index contributed by atoms with van der Waals surface area (Å²) in [6.07, 6.45) is 0. The molecular weight excluding hydrogens is 394 g/mol. The molecule has 9 nitrogen and oxygen atoms in total. The van der Waals surface area contributed by atoms with Crippen LogP contribution < -0.4 is 0 Å². The summed E-state index contributed by atoms with van der Waals surface area (Å²) in [5, 5.41) is 16.7. The molecule has 0 aliphatic carbocycles. The van der Waals surface area contributed by atoms with Crippen LogP contribution in [0.25, 0.3) is 27.9 Å². The van der Waals surface area contributed by atoms with Gasteiger partial charge in [-0.3, -0.25) is 14.9 Å². The van der Waals surface area contributed by atoms with E-state index in [4.69, 9.17) is 4.74 Å². The molecule has 0 aliphatic heterocycles. The first kappa shape index (κ1) is 18.8. The number of nitrogens with zero attached hydrogens (tertiary/aromatic N) is 5. The van der Waals surface area contributed by atoms with Gasteiger partial charge >= 0.3 is 5.97 Å². The van der Waals surface area contributed by atoms with Gasteiger partial charge in [0, 0.05) is 23.1 Å². The molecule has 2 aromatic carbocycles. The Kier molecular flexibility index (Phi) is 5.09. The van der Waals surface area contributed by atoms with Gasteiger partial charge in [0.05, 0.1) is 22.8 Å². The lowest BCUT2D eigenvalue weighted by Crippen LogP contribution is -2.08. The predicted octanol–water partition coefficient (Wildman–Crippen LogP) is 3.51. The van der Waals surface area contributed by atoms with Crippen molar-refractivity contribution in [2.75, 3.05) is 12.4 Å². The average molecular weight is 409 g/mol. The molecule has 0 amide bonds. The van der Waals surface area contributed by atoms with E-state index < -0.39 is 4.92 Å². The summed E-state index contributed by atoms with van der Waals surface area (Å²) in [6.45, 7) is 2.07. The number of nitro benzene ring substituents is 1. The topological polar surface area (TPSA) is 113 Å². The minimum atomic E-state index is -0.456. The monoisotopic (exact) mass is 409 g/mol. The zero-order valence-electron chi connectivity index (χ0n) is 15.3. The van der Waals surface area contributed by atoms with Crippen molar-refractivity contribution in [3.8, 4) is 11.4 Å². The molecule has 0 N–H and O–H groups in total. The summed E-state index contributed by atoms with van der Waals surface area (Å²) in [6, 6.07) is 13.5. The number of rotatable bonds is 6. The molecule has 0 bridgehead atoms. The Balaban J connectivity index is 1.80. The van der Waals surface area contributed by atoms with Gasteiger partial charge in [0.15, 0.2) is 16.6 Å². The fourth-order valence-corrected chi connectivity index (χ4v) is 3.55. The van der Waals surface area contributed by atoms with Crippen LogP contribution in [0.1, 0.15) is 6.92 Å². The molecule has 4 rings (SSSR count). The fraction of sp³-hybridized carbons (Fsp3) is 0.158. The molecule has 2 aromatic heterocycles. The standard InChI is InChI=1S/C19H15N5O4S/c1-2-28-16(25)11-29-19-20-15-6-4-3-5-14(15)18-21-17(22-23(18)19)12-7-9-13(10-8-12)24(26)27/h3-10H,2,11H2,1H3. The quantitative estimate of drug-likeness (QED) is 0.156. The first-order valence-corrected chi connectivity index (χ1v) is 9.74. The van der Waals surface area contributed by atoms with E-state index in [-0.39, 0.29) is 17.4 Å². The molecular formula is C19H15N5O4S. The van der Waals surface area contributed by atoms with Gasteiger partial charge in [-0.2, -0.15) is 4.52 Å². The number of aromatic nitrogens is 4. The minimum Gasteiger partial charge on any atom is -0.465 e. The molecule has 2 heterocycles. The number of para-hydroxylation sites is 1. The molecule has 0 atom stereocenters. The van der Waals surface area contributed by atoms with Gasteiger partial charge in [-0.15, -0.1) is 5.10 Å². The maximum atomic E-state index is 11.8. The van der Waals surface area contributed by atoms with Crippen LogP contribution in [0.4, 0.5) is 5.69 Å². The van der Waals surface area contributed by atoms with Crippen molar-refractivity contribution in [2.24, 2.45) is 0 Å². The highest BCUT2D eigenvalue weighted by atomic mass is 32.2. The Morgan fingerprint density at radius 1 is 1.17 bits per heavy atom. The van der Waals surface area contributed by atoms with Crippen LogP contribution in [0.15, 0.2) is 53.7 Å². The summed E-state index contributed by atoms with van der Waals surface area (Å²) >= 11 is 1.21. The lowest BCUT2D eigenvalue weighted by molar-refractivity contribution is -0.384. The molecule has 0 saturated carbocycles. The Morgan fingerprint density at radius 2 is 1.93 bits per heavy atom. The molecule has 0 fully saturated rings. The Morgan fingerprint density at radius 3 is 2.66 bits per heavy atom. The summed E-state index contributed by atoms with van der Waals surface area (Å²) < 4.78 is 6.57. The minimum absolute atomic E-state index is 0.00434. The smallest absolute Gasteiger partial charge is 0.316 e. The number of nitro groups is 1. The number of ether oxygens (including phenoxy) is 1. The zero-order chi connectivity index (χ0) is 20.4. The SMILES string of the molecule is CCOC(=O)CSc1nc2ccccc2c2nc(-c3ccc([N+](=O)[O-])cc3)nn12. The number of non-ortho nitro benzene ring substituents is 1. The van der Waals surface area contributed by atoms with E-state index in [0.717, 1.165) is 10.9 Å². The van der Waals surface area contributed by atoms with Crippen molar-refractivity contribution < 1.29 is 14.5 Å². The normalized spacial score (nSPS) is 11.1. The number of carbonyl (C=O) groups excluding carboxylic acids is 1. The largest absolute Gasteiger partial charge is 0.465 e. The van der Waals surface area contributed by atoms with Gasteiger partial charge in [0.1, 0.15) is 0 Å². The van der Waals surface area contributed by atoms with Gasteiger partial charge in [-0.25, -0.2) is 9.97 Å². The second kappa shape index (κ2) is 7.84. The molecule has 146 valence electrons. The third kappa shape index (κ3) is 3.74. The highest BCUT2D eigenvalue weighted by Gasteiger charge is 2.16. The van der Waals surface area contributed by atoms with Gasteiger partial charge < -0.3 is 4.74 Å². The highest BCUT2D eigenvalue weighted by molar-refractivity contribution is 7.99. The van der Waals surface area contributed by atoms with Crippen molar-refractivity contribution >= 4 is 40.0 Å². The Bertz CT molecular complexity index is 1220. The number of carbonyl (C=O) groups is 1. The van der Waals surface area contributed by atoms with Crippen LogP contribution >= 0.6 is 11.8 Å². The van der Waals surface area contributed by atoms with Crippen molar-refractivity contribution in [1.82, 2.24) is 19.6 Å². The second-order valence-electron chi connectivity index (χ2n) is 5.98. The first-order chi connectivity index (χ1) is 14.1. The first-order valence-electron chi connectivity index (χ1n) is 8.75. The van der Waals surface area contributed by atoms with Crippen LogP contribution in [0.3, 0.4) is 0 Å². The van der Waals surface area contributed by atoms with E-state index in [2.05, 4.69) is 15.1 Å². The summed E-state index contributed by atoms with van der Waals surface area (Å²) in [5.74, 6) is 0.174. The maximum Gasteiger partial charge on any atom is 0.316 e. The molecule has 0 unspecified atom stereocenters. The van der Waals surface area contributed by atoms with Crippen molar-refractivity contribution in [3.63, 3.8) is 0 Å². The van der Waals surface area contributed by atoms with Crippen LogP contribution in [0, 0.1) is 10.1 Å². The van der Waals surface area contributed by atoms with Crippen molar-refractivity contribution in [2.45, 2.75) is 12.1 Å². The number of hydrogen-bond donors (Lipinski definition) is 0. The number of esters is 1. The van der Waals surface area contributed by atoms with Crippen LogP contribution in [0.5, 0.6) is 0 Å². The van der Waals surface area contributed by atoms with Crippen LogP contribution in [-0.4, -0.2) is 42.8 Å². The second-order valence-corrected chi connectivity index (χ2v) is 6.92. The summed E-state index contributed by atoms with van der Waals surface area (Å²) in [7, 11) is 0.